The van der Waals surface area contributed by atoms with Gasteiger partial charge in [-0.1, -0.05) is 31.1 Å². The predicted octanol–water partition coefficient (Wildman–Crippen LogP) is 4.75. The number of anilines is 1. The van der Waals surface area contributed by atoms with Gasteiger partial charge in [0.2, 0.25) is 0 Å². The van der Waals surface area contributed by atoms with Crippen LogP contribution in [0.25, 0.3) is 0 Å². The van der Waals surface area contributed by atoms with Crippen LogP contribution in [0.3, 0.4) is 0 Å². The number of benzene rings is 1. The third kappa shape index (κ3) is 2.98. The van der Waals surface area contributed by atoms with Gasteiger partial charge in [-0.2, -0.15) is 0 Å². The first-order valence-electron chi connectivity index (χ1n) is 7.72. The molecule has 0 aliphatic heterocycles. The Kier molecular flexibility index (Phi) is 4.25. The zero-order valence-corrected chi connectivity index (χ0v) is 15.4. The maximum atomic E-state index is 12.6. The maximum Gasteiger partial charge on any atom is 0.291 e. The number of hydrogen-bond donors (Lipinski definition) is 2. The number of para-hydroxylation sites is 1. The topological polar surface area (TPSA) is 74.8 Å². The molecule has 0 unspecified atom stereocenters. The summed E-state index contributed by atoms with van der Waals surface area (Å²) >= 11 is 3.41. The van der Waals surface area contributed by atoms with E-state index in [-0.39, 0.29) is 17.1 Å². The van der Waals surface area contributed by atoms with Gasteiger partial charge in [0.05, 0.1) is 11.4 Å². The quantitative estimate of drug-likeness (QED) is 0.573. The Labute approximate surface area is 148 Å². The molecule has 0 saturated heterocycles. The second-order valence-electron chi connectivity index (χ2n) is 6.85. The number of nitrogens with one attached hydrogen (secondary N) is 1. The minimum atomic E-state index is -0.316. The van der Waals surface area contributed by atoms with E-state index in [0.29, 0.717) is 35.6 Å². The normalized spacial score (nSPS) is 17.6. The molecule has 0 saturated carbocycles. The molecule has 24 heavy (non-hydrogen) atoms. The highest BCUT2D eigenvalue weighted by Crippen LogP contribution is 2.39. The average molecular weight is 391 g/mol. The number of carbonyl (C=O) groups is 1. The number of fused-ring (bicyclic) bond motifs is 1. The molecule has 1 amide bonds. The van der Waals surface area contributed by atoms with Gasteiger partial charge in [-0.25, -0.2) is 0 Å². The van der Waals surface area contributed by atoms with Crippen molar-refractivity contribution in [3.8, 4) is 0 Å². The predicted molar refractivity (Wildman–Crippen MR) is 96.0 cm³/mol. The van der Waals surface area contributed by atoms with Gasteiger partial charge in [0.25, 0.3) is 5.91 Å². The lowest BCUT2D eigenvalue weighted by Gasteiger charge is -2.28. The Morgan fingerprint density at radius 3 is 2.71 bits per heavy atom. The van der Waals surface area contributed by atoms with Crippen LogP contribution in [0.1, 0.15) is 47.7 Å². The second kappa shape index (κ2) is 6.09. The number of nitrogens with zero attached hydrogens (tertiary/aromatic N) is 1. The summed E-state index contributed by atoms with van der Waals surface area (Å²) in [5.41, 5.74) is 2.64. The average Bonchev–Trinajstić information content (AvgIpc) is 2.84. The number of rotatable bonds is 2. The lowest BCUT2D eigenvalue weighted by Crippen LogP contribution is -2.27. The van der Waals surface area contributed by atoms with Crippen LogP contribution in [-0.4, -0.2) is 16.8 Å². The van der Waals surface area contributed by atoms with Gasteiger partial charge in [-0.3, -0.25) is 4.79 Å². The van der Waals surface area contributed by atoms with Crippen molar-refractivity contribution in [2.45, 2.75) is 33.6 Å². The molecule has 1 aliphatic carbocycles. The number of halogens is 1. The fourth-order valence-electron chi connectivity index (χ4n) is 3.16. The Balaban J connectivity index is 1.98. The van der Waals surface area contributed by atoms with E-state index in [2.05, 4.69) is 40.2 Å². The highest BCUT2D eigenvalue weighted by atomic mass is 79.9. The Hall–Kier alpha value is -2.08. The van der Waals surface area contributed by atoms with Gasteiger partial charge in [0.15, 0.2) is 5.76 Å². The molecule has 2 N–H and O–H groups in total. The molecule has 6 heteroatoms. The first kappa shape index (κ1) is 16.8. The van der Waals surface area contributed by atoms with Crippen molar-refractivity contribution in [2.24, 2.45) is 10.6 Å². The van der Waals surface area contributed by atoms with Crippen LogP contribution in [0.4, 0.5) is 5.69 Å². The third-order valence-corrected chi connectivity index (χ3v) is 4.93. The second-order valence-corrected chi connectivity index (χ2v) is 7.71. The molecule has 0 spiro atoms. The summed E-state index contributed by atoms with van der Waals surface area (Å²) in [5.74, 6) is 0.646. The van der Waals surface area contributed by atoms with Crippen molar-refractivity contribution in [1.82, 2.24) is 0 Å². The van der Waals surface area contributed by atoms with Crippen molar-refractivity contribution < 1.29 is 14.4 Å². The number of carbonyl (C=O) groups excluding carboxylic acids is 1. The van der Waals surface area contributed by atoms with E-state index in [1.54, 1.807) is 0 Å². The summed E-state index contributed by atoms with van der Waals surface area (Å²) in [7, 11) is 0. The largest absolute Gasteiger partial charge is 0.455 e. The summed E-state index contributed by atoms with van der Waals surface area (Å²) in [6.07, 6.45) is 1.34. The van der Waals surface area contributed by atoms with Crippen molar-refractivity contribution in [3.05, 3.63) is 51.4 Å². The zero-order valence-electron chi connectivity index (χ0n) is 13.8. The van der Waals surface area contributed by atoms with Crippen molar-refractivity contribution in [1.29, 1.82) is 0 Å². The lowest BCUT2D eigenvalue weighted by molar-refractivity contribution is 0.0993. The Morgan fingerprint density at radius 1 is 1.33 bits per heavy atom. The number of furan rings is 1. The molecule has 0 atom stereocenters. The van der Waals surface area contributed by atoms with E-state index in [0.717, 1.165) is 10.0 Å². The van der Waals surface area contributed by atoms with Crippen LogP contribution < -0.4 is 5.32 Å². The smallest absolute Gasteiger partial charge is 0.291 e. The molecule has 0 fully saturated rings. The highest BCUT2D eigenvalue weighted by Gasteiger charge is 2.36. The summed E-state index contributed by atoms with van der Waals surface area (Å²) in [6, 6.07) is 7.39. The Bertz CT molecular complexity index is 837. The summed E-state index contributed by atoms with van der Waals surface area (Å²) in [4.78, 5) is 12.6. The maximum absolute atomic E-state index is 12.6. The van der Waals surface area contributed by atoms with Gasteiger partial charge in [0.1, 0.15) is 5.76 Å². The van der Waals surface area contributed by atoms with Crippen LogP contribution >= 0.6 is 15.9 Å². The summed E-state index contributed by atoms with van der Waals surface area (Å²) in [6.45, 7) is 5.99. The minimum absolute atomic E-state index is 0.0743. The highest BCUT2D eigenvalue weighted by molar-refractivity contribution is 9.10. The van der Waals surface area contributed by atoms with Crippen LogP contribution in [0, 0.1) is 12.3 Å². The van der Waals surface area contributed by atoms with E-state index >= 15 is 0 Å². The van der Waals surface area contributed by atoms with Gasteiger partial charge in [-0.05, 0) is 46.8 Å². The molecule has 1 aromatic heterocycles. The molecule has 0 radical (unpaired) electrons. The van der Waals surface area contributed by atoms with E-state index < -0.39 is 0 Å². The fraction of sp³-hybridized carbons (Fsp3) is 0.333. The van der Waals surface area contributed by atoms with E-state index in [1.807, 2.05) is 31.2 Å². The molecule has 1 aromatic carbocycles. The molecular weight excluding hydrogens is 372 g/mol. The van der Waals surface area contributed by atoms with Gasteiger partial charge in [-0.15, -0.1) is 0 Å². The van der Waals surface area contributed by atoms with Crippen LogP contribution in [-0.2, 0) is 6.42 Å². The third-order valence-electron chi connectivity index (χ3n) is 4.24. The Morgan fingerprint density at radius 2 is 2.04 bits per heavy atom. The first-order chi connectivity index (χ1) is 11.3. The zero-order chi connectivity index (χ0) is 17.5. The molecule has 126 valence electrons. The molecule has 0 bridgehead atoms. The van der Waals surface area contributed by atoms with Crippen molar-refractivity contribution in [2.75, 3.05) is 5.32 Å². The number of hydrogen-bond acceptors (Lipinski definition) is 4. The van der Waals surface area contributed by atoms with E-state index in [4.69, 9.17) is 4.42 Å². The van der Waals surface area contributed by atoms with Crippen molar-refractivity contribution >= 4 is 33.2 Å². The van der Waals surface area contributed by atoms with E-state index in [9.17, 15) is 10.0 Å². The fourth-order valence-corrected chi connectivity index (χ4v) is 3.54. The summed E-state index contributed by atoms with van der Waals surface area (Å²) < 4.78 is 6.66. The molecule has 1 heterocycles. The van der Waals surface area contributed by atoms with Gasteiger partial charge >= 0.3 is 0 Å². The standard InChI is InChI=1S/C18H19BrN2O3/c1-10-15-13(21-23)8-18(2,3)9-14(15)24-16(10)17(22)20-12-7-5-4-6-11(12)19/h4-7,23H,8-9H2,1-3H3,(H,20,22)/b21-13-. The number of amides is 1. The minimum Gasteiger partial charge on any atom is -0.455 e. The molecule has 1 aliphatic rings. The lowest BCUT2D eigenvalue weighted by atomic mass is 9.75. The van der Waals surface area contributed by atoms with Crippen molar-refractivity contribution in [3.63, 3.8) is 0 Å². The van der Waals surface area contributed by atoms with Crippen LogP contribution in [0.5, 0.6) is 0 Å². The molecule has 2 aromatic rings. The monoisotopic (exact) mass is 390 g/mol. The van der Waals surface area contributed by atoms with Crippen LogP contribution in [0.2, 0.25) is 0 Å². The molecule has 5 nitrogen and oxygen atoms in total. The van der Waals surface area contributed by atoms with E-state index in [1.165, 1.54) is 0 Å². The van der Waals surface area contributed by atoms with Gasteiger partial charge < -0.3 is 14.9 Å². The first-order valence-corrected chi connectivity index (χ1v) is 8.51. The molecular formula is C18H19BrN2O3. The molecule has 3 rings (SSSR count). The van der Waals surface area contributed by atoms with Crippen LogP contribution in [0.15, 0.2) is 38.3 Å². The SMILES string of the molecule is Cc1c(C(=O)Nc2ccccc2Br)oc2c1/C(=N\O)CC(C)(C)C2. The number of oxime groups is 1. The van der Waals surface area contributed by atoms with Gasteiger partial charge in [0, 0.05) is 22.0 Å². The summed E-state index contributed by atoms with van der Waals surface area (Å²) in [5, 5.41) is 15.6.